The zero-order valence-corrected chi connectivity index (χ0v) is 21.6. The molecule has 7 nitrogen and oxygen atoms in total. The van der Waals surface area contributed by atoms with Crippen LogP contribution in [0.15, 0.2) is 57.2 Å². The number of fused-ring (bicyclic) bond motifs is 2. The zero-order chi connectivity index (χ0) is 25.5. The number of hydrogen-bond donors (Lipinski definition) is 0. The quantitative estimate of drug-likeness (QED) is 0.298. The number of methoxy groups -OCH3 is 1. The van der Waals surface area contributed by atoms with Gasteiger partial charge >= 0.3 is 0 Å². The lowest BCUT2D eigenvalue weighted by molar-refractivity contribution is 0.211. The Bertz CT molecular complexity index is 1650. The summed E-state index contributed by atoms with van der Waals surface area (Å²) in [5, 5.41) is 7.13. The molecule has 0 saturated carbocycles. The second-order valence-corrected chi connectivity index (χ2v) is 10.4. The van der Waals surface area contributed by atoms with Gasteiger partial charge in [0.2, 0.25) is 0 Å². The highest BCUT2D eigenvalue weighted by Gasteiger charge is 2.25. The Kier molecular flexibility index (Phi) is 6.26. The van der Waals surface area contributed by atoms with Crippen LogP contribution in [0.1, 0.15) is 35.7 Å². The third kappa shape index (κ3) is 4.42. The summed E-state index contributed by atoms with van der Waals surface area (Å²) < 4.78 is 26.0. The SMILES string of the molecule is COc1cccc(-c2csc3nc(C)c(CCN4CCC(c5noc6cc(F)ccc56)CC4)c(=O)n23)c1. The van der Waals surface area contributed by atoms with Gasteiger partial charge in [0.05, 0.1) is 18.5 Å². The summed E-state index contributed by atoms with van der Waals surface area (Å²) in [5.41, 5.74) is 4.72. The molecule has 0 spiro atoms. The van der Waals surface area contributed by atoms with E-state index in [0.717, 1.165) is 71.8 Å². The van der Waals surface area contributed by atoms with E-state index >= 15 is 0 Å². The molecular weight excluding hydrogens is 491 g/mol. The second kappa shape index (κ2) is 9.72. The molecule has 0 unspecified atom stereocenters. The van der Waals surface area contributed by atoms with Crippen LogP contribution >= 0.6 is 11.3 Å². The summed E-state index contributed by atoms with van der Waals surface area (Å²) in [5.74, 6) is 0.714. The van der Waals surface area contributed by atoms with Crippen LogP contribution in [0.4, 0.5) is 4.39 Å². The van der Waals surface area contributed by atoms with Crippen LogP contribution in [-0.2, 0) is 6.42 Å². The highest BCUT2D eigenvalue weighted by molar-refractivity contribution is 7.15. The molecule has 6 rings (SSSR count). The second-order valence-electron chi connectivity index (χ2n) is 9.53. The van der Waals surface area contributed by atoms with Gasteiger partial charge in [0.15, 0.2) is 10.5 Å². The van der Waals surface area contributed by atoms with Gasteiger partial charge < -0.3 is 14.2 Å². The molecule has 0 amide bonds. The molecule has 1 aliphatic rings. The fraction of sp³-hybridized carbons (Fsp3) is 0.321. The third-order valence-electron chi connectivity index (χ3n) is 7.35. The predicted octanol–water partition coefficient (Wildman–Crippen LogP) is 5.44. The standard InChI is InChI=1S/C28H27FN4O3S/c1-17-22(27(34)33-24(16-37-28(33)30-17)19-4-3-5-21(14-19)35-2)10-13-32-11-8-18(9-12-32)26-23-7-6-20(29)15-25(23)36-31-26/h3-7,14-16,18H,8-13H2,1-2H3. The van der Waals surface area contributed by atoms with Gasteiger partial charge in [-0.05, 0) is 63.5 Å². The first kappa shape index (κ1) is 23.8. The number of likely N-dealkylation sites (tertiary alicyclic amines) is 1. The average molecular weight is 519 g/mol. The van der Waals surface area contributed by atoms with Crippen LogP contribution in [0.2, 0.25) is 0 Å². The number of nitrogens with zero attached hydrogens (tertiary/aromatic N) is 4. The Labute approximate surface area is 217 Å². The molecule has 1 aliphatic heterocycles. The van der Waals surface area contributed by atoms with E-state index in [9.17, 15) is 9.18 Å². The number of rotatable bonds is 6. The van der Waals surface area contributed by atoms with E-state index in [1.807, 2.05) is 36.6 Å². The van der Waals surface area contributed by atoms with Crippen molar-refractivity contribution in [1.29, 1.82) is 0 Å². The van der Waals surface area contributed by atoms with E-state index in [1.54, 1.807) is 17.6 Å². The largest absolute Gasteiger partial charge is 0.497 e. The minimum Gasteiger partial charge on any atom is -0.497 e. The molecule has 0 bridgehead atoms. The lowest BCUT2D eigenvalue weighted by Gasteiger charge is -2.31. The zero-order valence-electron chi connectivity index (χ0n) is 20.7. The summed E-state index contributed by atoms with van der Waals surface area (Å²) in [7, 11) is 1.64. The highest BCUT2D eigenvalue weighted by atomic mass is 32.1. The van der Waals surface area contributed by atoms with Gasteiger partial charge in [-0.25, -0.2) is 9.37 Å². The lowest BCUT2D eigenvalue weighted by atomic mass is 9.91. The summed E-state index contributed by atoms with van der Waals surface area (Å²) in [6, 6.07) is 12.3. The van der Waals surface area contributed by atoms with Crippen molar-refractivity contribution in [2.24, 2.45) is 0 Å². The van der Waals surface area contributed by atoms with Gasteiger partial charge in [-0.1, -0.05) is 17.3 Å². The molecule has 5 aromatic rings. The van der Waals surface area contributed by atoms with Gasteiger partial charge in [0.1, 0.15) is 11.6 Å². The Hall–Kier alpha value is -3.56. The van der Waals surface area contributed by atoms with Crippen LogP contribution in [0.25, 0.3) is 27.2 Å². The lowest BCUT2D eigenvalue weighted by Crippen LogP contribution is -2.35. The Morgan fingerprint density at radius 1 is 1.19 bits per heavy atom. The van der Waals surface area contributed by atoms with E-state index in [-0.39, 0.29) is 17.3 Å². The molecule has 0 aliphatic carbocycles. The molecular formula is C28H27FN4O3S. The fourth-order valence-corrected chi connectivity index (χ4v) is 6.22. The molecule has 0 N–H and O–H groups in total. The van der Waals surface area contributed by atoms with Crippen molar-refractivity contribution in [1.82, 2.24) is 19.4 Å². The Morgan fingerprint density at radius 3 is 2.84 bits per heavy atom. The Balaban J connectivity index is 1.18. The molecule has 3 aromatic heterocycles. The summed E-state index contributed by atoms with van der Waals surface area (Å²) in [4.78, 5) is 21.5. The van der Waals surface area contributed by atoms with Crippen molar-refractivity contribution in [2.75, 3.05) is 26.7 Å². The van der Waals surface area contributed by atoms with Crippen LogP contribution in [0.5, 0.6) is 5.75 Å². The van der Waals surface area contributed by atoms with Crippen LogP contribution in [0.3, 0.4) is 0 Å². The topological polar surface area (TPSA) is 72.9 Å². The number of aromatic nitrogens is 3. The van der Waals surface area contributed by atoms with Gasteiger partial charge in [-0.2, -0.15) is 0 Å². The van der Waals surface area contributed by atoms with E-state index < -0.39 is 0 Å². The smallest absolute Gasteiger partial charge is 0.262 e. The molecule has 37 heavy (non-hydrogen) atoms. The van der Waals surface area contributed by atoms with E-state index in [2.05, 4.69) is 10.1 Å². The van der Waals surface area contributed by atoms with Crippen LogP contribution < -0.4 is 10.3 Å². The monoisotopic (exact) mass is 518 g/mol. The number of thiazole rings is 1. The summed E-state index contributed by atoms with van der Waals surface area (Å²) >= 11 is 1.47. The van der Waals surface area contributed by atoms with E-state index in [0.29, 0.717) is 17.0 Å². The number of ether oxygens (including phenoxy) is 1. The maximum atomic E-state index is 13.6. The van der Waals surface area contributed by atoms with Crippen LogP contribution in [0, 0.1) is 12.7 Å². The fourth-order valence-electron chi connectivity index (χ4n) is 5.28. The molecule has 4 heterocycles. The number of benzene rings is 2. The van der Waals surface area contributed by atoms with Crippen molar-refractivity contribution in [3.63, 3.8) is 0 Å². The van der Waals surface area contributed by atoms with Gasteiger partial charge in [0.25, 0.3) is 5.56 Å². The van der Waals surface area contributed by atoms with Gasteiger partial charge in [-0.15, -0.1) is 11.3 Å². The van der Waals surface area contributed by atoms with Crippen molar-refractivity contribution in [3.05, 3.63) is 81.0 Å². The third-order valence-corrected chi connectivity index (χ3v) is 8.18. The van der Waals surface area contributed by atoms with Gasteiger partial charge in [0, 0.05) is 46.1 Å². The predicted molar refractivity (Wildman–Crippen MR) is 142 cm³/mol. The minimum absolute atomic E-state index is 0.00208. The summed E-state index contributed by atoms with van der Waals surface area (Å²) in [6.45, 7) is 4.53. The molecule has 190 valence electrons. The number of hydrogen-bond acceptors (Lipinski definition) is 7. The average Bonchev–Trinajstić information content (AvgIpc) is 3.53. The molecule has 0 atom stereocenters. The van der Waals surface area contributed by atoms with E-state index in [1.165, 1.54) is 23.5 Å². The van der Waals surface area contributed by atoms with E-state index in [4.69, 9.17) is 14.2 Å². The first-order valence-electron chi connectivity index (χ1n) is 12.4. The van der Waals surface area contributed by atoms with Crippen molar-refractivity contribution < 1.29 is 13.7 Å². The summed E-state index contributed by atoms with van der Waals surface area (Å²) in [6.07, 6.45) is 2.53. The number of piperidine rings is 1. The molecule has 1 fully saturated rings. The Morgan fingerprint density at radius 2 is 2.03 bits per heavy atom. The molecule has 1 saturated heterocycles. The number of halogens is 1. The van der Waals surface area contributed by atoms with Crippen molar-refractivity contribution in [2.45, 2.75) is 32.1 Å². The molecule has 2 aromatic carbocycles. The maximum absolute atomic E-state index is 13.6. The normalized spacial score (nSPS) is 15.1. The molecule has 0 radical (unpaired) electrons. The van der Waals surface area contributed by atoms with Crippen LogP contribution in [-0.4, -0.2) is 46.2 Å². The first-order valence-corrected chi connectivity index (χ1v) is 13.3. The van der Waals surface area contributed by atoms with Gasteiger partial charge in [-0.3, -0.25) is 9.20 Å². The molecule has 9 heteroatoms. The van der Waals surface area contributed by atoms with Crippen molar-refractivity contribution in [3.8, 4) is 17.0 Å². The first-order chi connectivity index (χ1) is 18.0. The maximum Gasteiger partial charge on any atom is 0.262 e. The highest BCUT2D eigenvalue weighted by Crippen LogP contribution is 2.33. The number of aryl methyl sites for hydroxylation is 1. The minimum atomic E-state index is -0.318. The van der Waals surface area contributed by atoms with Crippen molar-refractivity contribution >= 4 is 27.3 Å².